The molecule has 0 spiro atoms. The van der Waals surface area contributed by atoms with E-state index in [1.807, 2.05) is 45.3 Å². The van der Waals surface area contributed by atoms with Gasteiger partial charge in [0.05, 0.1) is 0 Å². The Labute approximate surface area is 178 Å². The summed E-state index contributed by atoms with van der Waals surface area (Å²) in [6.45, 7) is 4.45. The molecule has 0 saturated carbocycles. The highest BCUT2D eigenvalue weighted by Crippen LogP contribution is 2.42. The molecule has 0 atom stereocenters. The van der Waals surface area contributed by atoms with E-state index in [0.717, 1.165) is 0 Å². The minimum atomic E-state index is 1.23. The maximum absolute atomic E-state index is 2.33. The third-order valence-corrected chi connectivity index (χ3v) is 9.52. The first kappa shape index (κ1) is 19.1. The van der Waals surface area contributed by atoms with Gasteiger partial charge in [-0.15, -0.1) is 45.3 Å². The quantitative estimate of drug-likeness (QED) is 0.245. The molecular formula is C23H24S4. The lowest BCUT2D eigenvalue weighted by atomic mass is 10.1. The van der Waals surface area contributed by atoms with Gasteiger partial charge in [-0.1, -0.05) is 26.2 Å². The van der Waals surface area contributed by atoms with E-state index >= 15 is 0 Å². The second-order valence-electron chi connectivity index (χ2n) is 6.81. The molecule has 4 heteroatoms. The fourth-order valence-corrected chi connectivity index (χ4v) is 7.34. The van der Waals surface area contributed by atoms with Crippen LogP contribution in [0, 0.1) is 6.92 Å². The van der Waals surface area contributed by atoms with Crippen LogP contribution >= 0.6 is 45.3 Å². The van der Waals surface area contributed by atoms with Crippen molar-refractivity contribution in [2.75, 3.05) is 0 Å². The average molecular weight is 429 g/mol. The molecule has 0 nitrogen and oxygen atoms in total. The van der Waals surface area contributed by atoms with Gasteiger partial charge in [0.1, 0.15) is 0 Å². The van der Waals surface area contributed by atoms with Gasteiger partial charge in [-0.05, 0) is 68.3 Å². The second-order valence-corrected chi connectivity index (χ2v) is 11.4. The van der Waals surface area contributed by atoms with Gasteiger partial charge in [-0.3, -0.25) is 0 Å². The number of hydrogen-bond acceptors (Lipinski definition) is 4. The van der Waals surface area contributed by atoms with Crippen LogP contribution in [0.25, 0.3) is 29.3 Å². The van der Waals surface area contributed by atoms with Gasteiger partial charge in [-0.25, -0.2) is 0 Å². The molecule has 4 heterocycles. The van der Waals surface area contributed by atoms with Crippen LogP contribution in [-0.2, 0) is 6.42 Å². The Morgan fingerprint density at radius 3 is 1.63 bits per heavy atom. The zero-order valence-electron chi connectivity index (χ0n) is 15.8. The monoisotopic (exact) mass is 428 g/mol. The first-order chi connectivity index (χ1) is 13.2. The maximum atomic E-state index is 2.33. The zero-order chi connectivity index (χ0) is 18.6. The normalized spacial score (nSPS) is 11.3. The lowest BCUT2D eigenvalue weighted by Gasteiger charge is -1.96. The topological polar surface area (TPSA) is 0 Å². The minimum Gasteiger partial charge on any atom is -0.140 e. The molecule has 140 valence electrons. The standard InChI is InChI=1S/C23H24S4/c1-3-4-5-6-7-17-9-11-19(25-17)21-13-15-23(27-21)22-14-12-20(26-22)18-10-8-16(2)24-18/h8-15H,3-7H2,1-2H3. The lowest BCUT2D eigenvalue weighted by molar-refractivity contribution is 0.670. The van der Waals surface area contributed by atoms with Crippen molar-refractivity contribution in [2.24, 2.45) is 0 Å². The number of aryl methyl sites for hydroxylation is 2. The van der Waals surface area contributed by atoms with Crippen LogP contribution in [0.2, 0.25) is 0 Å². The van der Waals surface area contributed by atoms with E-state index < -0.39 is 0 Å². The Bertz CT molecular complexity index is 995. The molecule has 0 radical (unpaired) electrons. The Morgan fingerprint density at radius 2 is 1.07 bits per heavy atom. The van der Waals surface area contributed by atoms with E-state index in [4.69, 9.17) is 0 Å². The SMILES string of the molecule is CCCCCCc1ccc(-c2ccc(-c3ccc(-c4ccc(C)s4)s3)s2)s1. The fraction of sp³-hybridized carbons (Fsp3) is 0.304. The summed E-state index contributed by atoms with van der Waals surface area (Å²) in [5.41, 5.74) is 0. The predicted molar refractivity (Wildman–Crippen MR) is 127 cm³/mol. The highest BCUT2D eigenvalue weighted by molar-refractivity contribution is 7.28. The smallest absolute Gasteiger partial charge is 0.0449 e. The molecule has 0 aliphatic heterocycles. The molecule has 0 N–H and O–H groups in total. The molecule has 0 amide bonds. The Hall–Kier alpha value is -1.20. The minimum absolute atomic E-state index is 1.23. The van der Waals surface area contributed by atoms with Crippen LogP contribution in [0.3, 0.4) is 0 Å². The average Bonchev–Trinajstić information content (AvgIpc) is 3.44. The number of thiophene rings is 4. The molecule has 0 aliphatic carbocycles. The molecule has 0 saturated heterocycles. The molecule has 0 aromatic carbocycles. The van der Waals surface area contributed by atoms with E-state index in [9.17, 15) is 0 Å². The van der Waals surface area contributed by atoms with Crippen molar-refractivity contribution in [1.82, 2.24) is 0 Å². The number of rotatable bonds is 8. The van der Waals surface area contributed by atoms with Crippen LogP contribution in [0.5, 0.6) is 0 Å². The van der Waals surface area contributed by atoms with Gasteiger partial charge >= 0.3 is 0 Å². The van der Waals surface area contributed by atoms with Crippen molar-refractivity contribution >= 4 is 45.3 Å². The molecule has 27 heavy (non-hydrogen) atoms. The van der Waals surface area contributed by atoms with E-state index in [1.54, 1.807) is 0 Å². The Morgan fingerprint density at radius 1 is 0.556 bits per heavy atom. The van der Waals surface area contributed by atoms with Gasteiger partial charge in [0.15, 0.2) is 0 Å². The van der Waals surface area contributed by atoms with E-state index in [0.29, 0.717) is 0 Å². The maximum Gasteiger partial charge on any atom is 0.0449 e. The van der Waals surface area contributed by atoms with Crippen molar-refractivity contribution in [3.8, 4) is 29.3 Å². The third-order valence-electron chi connectivity index (χ3n) is 4.62. The number of hydrogen-bond donors (Lipinski definition) is 0. The van der Waals surface area contributed by atoms with Crippen LogP contribution in [0.15, 0.2) is 48.5 Å². The largest absolute Gasteiger partial charge is 0.140 e. The Balaban J connectivity index is 1.46. The zero-order valence-corrected chi connectivity index (χ0v) is 19.1. The number of unbranched alkanes of at least 4 members (excludes halogenated alkanes) is 3. The van der Waals surface area contributed by atoms with Gasteiger partial charge in [0.2, 0.25) is 0 Å². The van der Waals surface area contributed by atoms with Gasteiger partial charge in [0.25, 0.3) is 0 Å². The highest BCUT2D eigenvalue weighted by atomic mass is 32.1. The van der Waals surface area contributed by atoms with Crippen LogP contribution < -0.4 is 0 Å². The summed E-state index contributed by atoms with van der Waals surface area (Å²) < 4.78 is 0. The van der Waals surface area contributed by atoms with Crippen LogP contribution in [-0.4, -0.2) is 0 Å². The lowest BCUT2D eigenvalue weighted by Crippen LogP contribution is -1.80. The first-order valence-corrected chi connectivity index (χ1v) is 12.9. The van der Waals surface area contributed by atoms with E-state index in [1.165, 1.54) is 71.1 Å². The fourth-order valence-electron chi connectivity index (χ4n) is 3.14. The van der Waals surface area contributed by atoms with Gasteiger partial charge in [-0.2, -0.15) is 0 Å². The van der Waals surface area contributed by atoms with Crippen LogP contribution in [0.4, 0.5) is 0 Å². The summed E-state index contributed by atoms with van der Waals surface area (Å²) in [7, 11) is 0. The predicted octanol–water partition coefficient (Wildman–Crippen LogP) is 9.36. The van der Waals surface area contributed by atoms with E-state index in [2.05, 4.69) is 62.4 Å². The summed E-state index contributed by atoms with van der Waals surface area (Å²) in [5, 5.41) is 0. The van der Waals surface area contributed by atoms with Crippen molar-refractivity contribution in [3.63, 3.8) is 0 Å². The molecule has 0 aliphatic rings. The second kappa shape index (κ2) is 8.87. The van der Waals surface area contributed by atoms with E-state index in [-0.39, 0.29) is 0 Å². The van der Waals surface area contributed by atoms with Crippen LogP contribution in [0.1, 0.15) is 42.4 Å². The molecule has 4 aromatic rings. The van der Waals surface area contributed by atoms with Gasteiger partial charge < -0.3 is 0 Å². The molecule has 0 fully saturated rings. The summed E-state index contributed by atoms with van der Waals surface area (Å²) in [4.78, 5) is 11.2. The Kier molecular flexibility index (Phi) is 6.28. The molecule has 4 rings (SSSR count). The van der Waals surface area contributed by atoms with Crippen molar-refractivity contribution in [2.45, 2.75) is 46.0 Å². The van der Waals surface area contributed by atoms with Crippen molar-refractivity contribution in [1.29, 1.82) is 0 Å². The summed E-state index contributed by atoms with van der Waals surface area (Å²) in [6, 6.07) is 18.2. The molecule has 0 unspecified atom stereocenters. The van der Waals surface area contributed by atoms with Crippen molar-refractivity contribution in [3.05, 3.63) is 58.3 Å². The first-order valence-electron chi connectivity index (χ1n) is 9.59. The highest BCUT2D eigenvalue weighted by Gasteiger charge is 2.11. The molecular weight excluding hydrogens is 405 g/mol. The van der Waals surface area contributed by atoms with Gasteiger partial charge in [0, 0.05) is 39.0 Å². The van der Waals surface area contributed by atoms with Crippen molar-refractivity contribution < 1.29 is 0 Å². The third kappa shape index (κ3) is 4.62. The summed E-state index contributed by atoms with van der Waals surface area (Å²) in [5.74, 6) is 0. The summed E-state index contributed by atoms with van der Waals surface area (Å²) >= 11 is 7.68. The molecule has 0 bridgehead atoms. The molecule has 4 aromatic heterocycles. The summed E-state index contributed by atoms with van der Waals surface area (Å²) in [6.07, 6.45) is 6.59.